The molecule has 0 bridgehead atoms. The monoisotopic (exact) mass is 284 g/mol. The van der Waals surface area contributed by atoms with Gasteiger partial charge in [-0.25, -0.2) is 4.79 Å². The van der Waals surface area contributed by atoms with Crippen LogP contribution in [-0.2, 0) is 4.74 Å². The molecule has 2 saturated carbocycles. The van der Waals surface area contributed by atoms with E-state index in [0.717, 1.165) is 25.9 Å². The number of carbonyl (C=O) groups is 1. The lowest BCUT2D eigenvalue weighted by Gasteiger charge is -2.22. The normalized spacial score (nSPS) is 21.4. The van der Waals surface area contributed by atoms with E-state index in [2.05, 4.69) is 10.6 Å². The van der Waals surface area contributed by atoms with E-state index in [0.29, 0.717) is 19.2 Å². The van der Waals surface area contributed by atoms with Crippen LogP contribution in [0.25, 0.3) is 0 Å². The van der Waals surface area contributed by atoms with Crippen molar-refractivity contribution in [1.29, 1.82) is 0 Å². The van der Waals surface area contributed by atoms with Crippen molar-refractivity contribution in [2.45, 2.75) is 57.5 Å². The van der Waals surface area contributed by atoms with Gasteiger partial charge in [-0.2, -0.15) is 0 Å². The molecule has 5 heteroatoms. The number of nitrogens with one attached hydrogen (secondary N) is 2. The summed E-state index contributed by atoms with van der Waals surface area (Å²) in [6.07, 6.45) is 9.63. The third-order valence-corrected chi connectivity index (χ3v) is 4.43. The first kappa shape index (κ1) is 15.6. The number of hydrogen-bond acceptors (Lipinski definition) is 3. The Hall–Kier alpha value is -0.810. The molecule has 3 N–H and O–H groups in total. The first-order valence-corrected chi connectivity index (χ1v) is 7.98. The van der Waals surface area contributed by atoms with E-state index in [-0.39, 0.29) is 18.1 Å². The molecular weight excluding hydrogens is 256 g/mol. The topological polar surface area (TPSA) is 70.6 Å². The zero-order valence-corrected chi connectivity index (χ0v) is 12.3. The maximum absolute atomic E-state index is 11.6. The summed E-state index contributed by atoms with van der Waals surface area (Å²) in [6.45, 7) is 2.12. The van der Waals surface area contributed by atoms with Crippen molar-refractivity contribution in [3.8, 4) is 0 Å². The fraction of sp³-hybridized carbons (Fsp3) is 0.933. The first-order chi connectivity index (χ1) is 9.74. The quantitative estimate of drug-likeness (QED) is 0.595. The van der Waals surface area contributed by atoms with Gasteiger partial charge in [0, 0.05) is 25.1 Å². The zero-order valence-electron chi connectivity index (χ0n) is 12.3. The van der Waals surface area contributed by atoms with Gasteiger partial charge in [0.25, 0.3) is 0 Å². The van der Waals surface area contributed by atoms with Crippen LogP contribution in [-0.4, -0.2) is 43.5 Å². The molecule has 20 heavy (non-hydrogen) atoms. The Morgan fingerprint density at radius 1 is 1.20 bits per heavy atom. The number of amides is 2. The summed E-state index contributed by atoms with van der Waals surface area (Å²) in [5.41, 5.74) is -0.0264. The predicted octanol–water partition coefficient (Wildman–Crippen LogP) is 1.80. The van der Waals surface area contributed by atoms with Gasteiger partial charge in [0.1, 0.15) is 0 Å². The predicted molar refractivity (Wildman–Crippen MR) is 77.6 cm³/mol. The zero-order chi connectivity index (χ0) is 14.3. The summed E-state index contributed by atoms with van der Waals surface area (Å²) in [4.78, 5) is 11.6. The molecule has 2 amide bonds. The van der Waals surface area contributed by atoms with E-state index in [9.17, 15) is 4.79 Å². The lowest BCUT2D eigenvalue weighted by atomic mass is 9.98. The van der Waals surface area contributed by atoms with Crippen molar-refractivity contribution >= 4 is 6.03 Å². The molecule has 0 aromatic heterocycles. The summed E-state index contributed by atoms with van der Waals surface area (Å²) in [6, 6.07) is -0.137. The molecule has 0 aliphatic heterocycles. The second-order valence-corrected chi connectivity index (χ2v) is 6.25. The summed E-state index contributed by atoms with van der Waals surface area (Å²) in [7, 11) is 0. The first-order valence-electron chi connectivity index (χ1n) is 7.98. The molecule has 0 saturated heterocycles. The van der Waals surface area contributed by atoms with Gasteiger partial charge in [-0.3, -0.25) is 0 Å². The van der Waals surface area contributed by atoms with Gasteiger partial charge in [-0.15, -0.1) is 0 Å². The molecule has 0 spiro atoms. The van der Waals surface area contributed by atoms with E-state index in [1.54, 1.807) is 0 Å². The van der Waals surface area contributed by atoms with Gasteiger partial charge in [0.15, 0.2) is 0 Å². The lowest BCUT2D eigenvalue weighted by molar-refractivity contribution is 0.0275. The Morgan fingerprint density at radius 3 is 2.60 bits per heavy atom. The van der Waals surface area contributed by atoms with Gasteiger partial charge in [-0.05, 0) is 32.1 Å². The van der Waals surface area contributed by atoms with Crippen molar-refractivity contribution in [1.82, 2.24) is 10.6 Å². The fourth-order valence-corrected chi connectivity index (χ4v) is 2.65. The highest BCUT2D eigenvalue weighted by Crippen LogP contribution is 2.44. The van der Waals surface area contributed by atoms with Gasteiger partial charge in [-0.1, -0.05) is 19.3 Å². The Bertz CT molecular complexity index is 299. The minimum atomic E-state index is -0.137. The Labute approximate surface area is 121 Å². The number of hydrogen-bond donors (Lipinski definition) is 3. The molecule has 0 atom stereocenters. The molecule has 5 nitrogen and oxygen atoms in total. The van der Waals surface area contributed by atoms with Gasteiger partial charge in [0.2, 0.25) is 0 Å². The van der Waals surface area contributed by atoms with Crippen LogP contribution < -0.4 is 10.6 Å². The van der Waals surface area contributed by atoms with E-state index in [1.807, 2.05) is 0 Å². The number of aliphatic hydroxyl groups is 1. The number of ether oxygens (including phenoxy) is 1. The molecule has 2 fully saturated rings. The van der Waals surface area contributed by atoms with Gasteiger partial charge >= 0.3 is 6.03 Å². The Balaban J connectivity index is 1.43. The van der Waals surface area contributed by atoms with Crippen molar-refractivity contribution in [2.24, 2.45) is 5.41 Å². The van der Waals surface area contributed by atoms with Crippen LogP contribution in [0.1, 0.15) is 51.4 Å². The molecule has 2 aliphatic rings. The highest BCUT2D eigenvalue weighted by Gasteiger charge is 2.42. The average molecular weight is 284 g/mol. The third-order valence-electron chi connectivity index (χ3n) is 4.43. The van der Waals surface area contributed by atoms with Crippen molar-refractivity contribution < 1.29 is 14.6 Å². The molecule has 0 heterocycles. The molecule has 2 rings (SSSR count). The molecule has 0 unspecified atom stereocenters. The number of rotatable bonds is 8. The largest absolute Gasteiger partial charge is 0.396 e. The van der Waals surface area contributed by atoms with Gasteiger partial charge in [0.05, 0.1) is 12.7 Å². The smallest absolute Gasteiger partial charge is 0.314 e. The second-order valence-electron chi connectivity index (χ2n) is 6.25. The standard InChI is InChI=1S/C15H28N2O3/c18-12-15(7-8-15)11-17-14(19)16-9-4-10-20-13-5-2-1-3-6-13/h13,18H,1-12H2,(H2,16,17,19). The van der Waals surface area contributed by atoms with E-state index >= 15 is 0 Å². The lowest BCUT2D eigenvalue weighted by Crippen LogP contribution is -2.40. The summed E-state index contributed by atoms with van der Waals surface area (Å²) in [5.74, 6) is 0. The number of carbonyl (C=O) groups excluding carboxylic acids is 1. The minimum absolute atomic E-state index is 0.0264. The van der Waals surface area contributed by atoms with Crippen LogP contribution in [0.15, 0.2) is 0 Å². The highest BCUT2D eigenvalue weighted by atomic mass is 16.5. The van der Waals surface area contributed by atoms with Crippen LogP contribution in [0.3, 0.4) is 0 Å². The maximum atomic E-state index is 11.6. The second kappa shape index (κ2) is 7.84. The highest BCUT2D eigenvalue weighted by molar-refractivity contribution is 5.73. The van der Waals surface area contributed by atoms with Crippen LogP contribution in [0.2, 0.25) is 0 Å². The average Bonchev–Trinajstić information content (AvgIpc) is 3.26. The molecular formula is C15H28N2O3. The molecule has 0 radical (unpaired) electrons. The third kappa shape index (κ3) is 5.29. The van der Waals surface area contributed by atoms with Crippen molar-refractivity contribution in [3.63, 3.8) is 0 Å². The van der Waals surface area contributed by atoms with Crippen LogP contribution >= 0.6 is 0 Å². The number of urea groups is 1. The van der Waals surface area contributed by atoms with Crippen LogP contribution in [0.4, 0.5) is 4.79 Å². The number of aliphatic hydroxyl groups excluding tert-OH is 1. The molecule has 116 valence electrons. The van der Waals surface area contributed by atoms with Crippen LogP contribution in [0, 0.1) is 5.41 Å². The van der Waals surface area contributed by atoms with E-state index in [1.165, 1.54) is 32.1 Å². The SMILES string of the molecule is O=C(NCCCOC1CCCCC1)NCC1(CO)CC1. The van der Waals surface area contributed by atoms with Crippen molar-refractivity contribution in [3.05, 3.63) is 0 Å². The molecule has 0 aromatic carbocycles. The summed E-state index contributed by atoms with van der Waals surface area (Å²) in [5, 5.41) is 14.8. The van der Waals surface area contributed by atoms with Crippen LogP contribution in [0.5, 0.6) is 0 Å². The van der Waals surface area contributed by atoms with Crippen molar-refractivity contribution in [2.75, 3.05) is 26.3 Å². The van der Waals surface area contributed by atoms with Gasteiger partial charge < -0.3 is 20.5 Å². The summed E-state index contributed by atoms with van der Waals surface area (Å²) >= 11 is 0. The maximum Gasteiger partial charge on any atom is 0.314 e. The Kier molecular flexibility index (Phi) is 6.10. The van der Waals surface area contributed by atoms with E-state index < -0.39 is 0 Å². The van der Waals surface area contributed by atoms with E-state index in [4.69, 9.17) is 9.84 Å². The Morgan fingerprint density at radius 2 is 1.95 bits per heavy atom. The minimum Gasteiger partial charge on any atom is -0.396 e. The molecule has 0 aromatic rings. The fourth-order valence-electron chi connectivity index (χ4n) is 2.65. The molecule has 2 aliphatic carbocycles. The summed E-state index contributed by atoms with van der Waals surface area (Å²) < 4.78 is 5.80.